The molecule has 0 aliphatic heterocycles. The number of carboxylic acids is 1. The fourth-order valence-electron chi connectivity index (χ4n) is 3.15. The molecule has 1 aliphatic rings. The van der Waals surface area contributed by atoms with Crippen molar-refractivity contribution in [3.8, 4) is 5.75 Å². The number of carbonyl (C=O) groups is 1. The van der Waals surface area contributed by atoms with Crippen molar-refractivity contribution in [1.29, 1.82) is 0 Å². The fourth-order valence-corrected chi connectivity index (χ4v) is 3.15. The van der Waals surface area contributed by atoms with Gasteiger partial charge in [0.05, 0.1) is 6.61 Å². The molecule has 1 aliphatic carbocycles. The van der Waals surface area contributed by atoms with Gasteiger partial charge in [0.2, 0.25) is 0 Å². The van der Waals surface area contributed by atoms with Crippen molar-refractivity contribution in [3.63, 3.8) is 0 Å². The van der Waals surface area contributed by atoms with Gasteiger partial charge in [-0.25, -0.2) is 0 Å². The third-order valence-corrected chi connectivity index (χ3v) is 4.47. The Hall–Kier alpha value is -1.55. The van der Waals surface area contributed by atoms with E-state index in [2.05, 4.69) is 19.1 Å². The Bertz CT molecular complexity index is 471. The molecule has 1 fully saturated rings. The third kappa shape index (κ3) is 3.76. The molecule has 0 radical (unpaired) electrons. The van der Waals surface area contributed by atoms with Crippen molar-refractivity contribution in [2.24, 2.45) is 11.7 Å². The normalized spacial score (nSPS) is 25.0. The average Bonchev–Trinajstić information content (AvgIpc) is 2.84. The van der Waals surface area contributed by atoms with Crippen LogP contribution in [0.2, 0.25) is 0 Å². The number of benzene rings is 1. The molecule has 4 heteroatoms. The molecule has 3 N–H and O–H groups in total. The molecule has 116 valence electrons. The number of rotatable bonds is 7. The highest BCUT2D eigenvalue weighted by molar-refractivity contribution is 5.79. The molecule has 21 heavy (non-hydrogen) atoms. The van der Waals surface area contributed by atoms with Gasteiger partial charge in [-0.1, -0.05) is 31.9 Å². The summed E-state index contributed by atoms with van der Waals surface area (Å²) in [5.74, 6) is -0.0333. The quantitative estimate of drug-likeness (QED) is 0.810. The maximum atomic E-state index is 11.3. The van der Waals surface area contributed by atoms with Crippen LogP contribution in [0, 0.1) is 5.92 Å². The van der Waals surface area contributed by atoms with E-state index in [1.54, 1.807) is 0 Å². The standard InChI is InChI=1S/C17H25NO3/c1-2-4-13-6-8-15(9-7-13)21-12-10-14-5-3-11-17(14,18)16(19)20/h6-9,14H,2-5,10-12,18H2,1H3,(H,19,20). The number of hydrogen-bond acceptors (Lipinski definition) is 3. The van der Waals surface area contributed by atoms with E-state index in [-0.39, 0.29) is 5.92 Å². The van der Waals surface area contributed by atoms with E-state index in [0.29, 0.717) is 19.4 Å². The van der Waals surface area contributed by atoms with E-state index >= 15 is 0 Å². The minimum absolute atomic E-state index is 0.00867. The van der Waals surface area contributed by atoms with E-state index in [4.69, 9.17) is 10.5 Å². The predicted octanol–water partition coefficient (Wildman–Crippen LogP) is 2.99. The molecule has 2 rings (SSSR count). The number of carboxylic acid groups (broad SMARTS) is 1. The highest BCUT2D eigenvalue weighted by Gasteiger charge is 2.45. The van der Waals surface area contributed by atoms with E-state index in [1.165, 1.54) is 5.56 Å². The smallest absolute Gasteiger partial charge is 0.323 e. The molecule has 4 nitrogen and oxygen atoms in total. The first kappa shape index (κ1) is 15.8. The molecule has 0 saturated heterocycles. The molecule has 0 heterocycles. The summed E-state index contributed by atoms with van der Waals surface area (Å²) in [6, 6.07) is 8.12. The van der Waals surface area contributed by atoms with Gasteiger partial charge in [0.15, 0.2) is 0 Å². The summed E-state index contributed by atoms with van der Waals surface area (Å²) >= 11 is 0. The molecule has 1 aromatic rings. The second kappa shape index (κ2) is 6.94. The lowest BCUT2D eigenvalue weighted by Crippen LogP contribution is -2.51. The molecule has 0 spiro atoms. The zero-order chi connectivity index (χ0) is 15.3. The van der Waals surface area contributed by atoms with Crippen LogP contribution in [0.3, 0.4) is 0 Å². The monoisotopic (exact) mass is 291 g/mol. The van der Waals surface area contributed by atoms with Crippen molar-refractivity contribution in [3.05, 3.63) is 29.8 Å². The van der Waals surface area contributed by atoms with Gasteiger partial charge in [-0.2, -0.15) is 0 Å². The molecule has 2 atom stereocenters. The minimum atomic E-state index is -1.06. The lowest BCUT2D eigenvalue weighted by atomic mass is 9.86. The Balaban J connectivity index is 1.82. The van der Waals surface area contributed by atoms with Gasteiger partial charge in [0, 0.05) is 0 Å². The predicted molar refractivity (Wildman–Crippen MR) is 82.4 cm³/mol. The van der Waals surface area contributed by atoms with Crippen molar-refractivity contribution in [2.45, 2.75) is 51.0 Å². The number of nitrogens with two attached hydrogens (primary N) is 1. The fraction of sp³-hybridized carbons (Fsp3) is 0.588. The van der Waals surface area contributed by atoms with Gasteiger partial charge < -0.3 is 15.6 Å². The molecule has 0 aromatic heterocycles. The lowest BCUT2D eigenvalue weighted by molar-refractivity contribution is -0.144. The zero-order valence-electron chi connectivity index (χ0n) is 12.7. The van der Waals surface area contributed by atoms with Gasteiger partial charge in [-0.05, 0) is 49.3 Å². The average molecular weight is 291 g/mol. The summed E-state index contributed by atoms with van der Waals surface area (Å²) in [7, 11) is 0. The first-order chi connectivity index (χ1) is 10.1. The summed E-state index contributed by atoms with van der Waals surface area (Å²) in [4.78, 5) is 11.3. The molecule has 0 bridgehead atoms. The Morgan fingerprint density at radius 3 is 2.76 bits per heavy atom. The van der Waals surface area contributed by atoms with Crippen LogP contribution in [-0.2, 0) is 11.2 Å². The van der Waals surface area contributed by atoms with Gasteiger partial charge in [0.1, 0.15) is 11.3 Å². The maximum Gasteiger partial charge on any atom is 0.323 e. The van der Waals surface area contributed by atoms with Crippen molar-refractivity contribution < 1.29 is 14.6 Å². The first-order valence-corrected chi connectivity index (χ1v) is 7.80. The summed E-state index contributed by atoms with van der Waals surface area (Å²) in [5.41, 5.74) is 6.27. The van der Waals surface area contributed by atoms with Crippen LogP contribution in [-0.4, -0.2) is 23.2 Å². The third-order valence-electron chi connectivity index (χ3n) is 4.47. The Morgan fingerprint density at radius 2 is 2.14 bits per heavy atom. The largest absolute Gasteiger partial charge is 0.494 e. The summed E-state index contributed by atoms with van der Waals surface area (Å²) in [6.07, 6.45) is 5.24. The van der Waals surface area contributed by atoms with Crippen LogP contribution >= 0.6 is 0 Å². The topological polar surface area (TPSA) is 72.5 Å². The van der Waals surface area contributed by atoms with Gasteiger partial charge in [0.25, 0.3) is 0 Å². The summed E-state index contributed by atoms with van der Waals surface area (Å²) in [6.45, 7) is 2.68. The summed E-state index contributed by atoms with van der Waals surface area (Å²) in [5, 5.41) is 9.27. The first-order valence-electron chi connectivity index (χ1n) is 7.80. The van der Waals surface area contributed by atoms with Gasteiger partial charge in [-0.3, -0.25) is 4.79 Å². The van der Waals surface area contributed by atoms with Crippen LogP contribution in [0.4, 0.5) is 0 Å². The number of hydrogen-bond donors (Lipinski definition) is 2. The van der Waals surface area contributed by atoms with Gasteiger partial charge >= 0.3 is 5.97 Å². The van der Waals surface area contributed by atoms with Crippen molar-refractivity contribution in [2.75, 3.05) is 6.61 Å². The van der Waals surface area contributed by atoms with Crippen molar-refractivity contribution >= 4 is 5.97 Å². The lowest BCUT2D eigenvalue weighted by Gasteiger charge is -2.26. The molecule has 2 unspecified atom stereocenters. The number of aliphatic carboxylic acids is 1. The Morgan fingerprint density at radius 1 is 1.43 bits per heavy atom. The molecule has 1 saturated carbocycles. The highest BCUT2D eigenvalue weighted by atomic mass is 16.5. The van der Waals surface area contributed by atoms with Crippen LogP contribution < -0.4 is 10.5 Å². The van der Waals surface area contributed by atoms with Crippen LogP contribution in [0.15, 0.2) is 24.3 Å². The molecule has 1 aromatic carbocycles. The molecule has 0 amide bonds. The van der Waals surface area contributed by atoms with E-state index in [9.17, 15) is 9.90 Å². The van der Waals surface area contributed by atoms with E-state index < -0.39 is 11.5 Å². The number of aryl methyl sites for hydroxylation is 1. The summed E-state index contributed by atoms with van der Waals surface area (Å²) < 4.78 is 5.73. The second-order valence-corrected chi connectivity index (χ2v) is 5.97. The second-order valence-electron chi connectivity index (χ2n) is 5.97. The Labute approximate surface area is 126 Å². The van der Waals surface area contributed by atoms with Gasteiger partial charge in [-0.15, -0.1) is 0 Å². The Kier molecular flexibility index (Phi) is 5.23. The van der Waals surface area contributed by atoms with Crippen LogP contribution in [0.25, 0.3) is 0 Å². The number of ether oxygens (including phenoxy) is 1. The van der Waals surface area contributed by atoms with E-state index in [0.717, 1.165) is 31.4 Å². The van der Waals surface area contributed by atoms with Crippen LogP contribution in [0.5, 0.6) is 5.75 Å². The SMILES string of the molecule is CCCc1ccc(OCCC2CCCC2(N)C(=O)O)cc1. The zero-order valence-corrected chi connectivity index (χ0v) is 12.7. The minimum Gasteiger partial charge on any atom is -0.494 e. The highest BCUT2D eigenvalue weighted by Crippen LogP contribution is 2.36. The van der Waals surface area contributed by atoms with Crippen LogP contribution in [0.1, 0.15) is 44.6 Å². The maximum absolute atomic E-state index is 11.3. The molecular formula is C17H25NO3. The van der Waals surface area contributed by atoms with E-state index in [1.807, 2.05) is 12.1 Å². The van der Waals surface area contributed by atoms with Crippen molar-refractivity contribution in [1.82, 2.24) is 0 Å². The molecular weight excluding hydrogens is 266 g/mol.